The molecule has 0 unspecified atom stereocenters. The zero-order chi connectivity index (χ0) is 13.9. The molecule has 0 saturated carbocycles. The first kappa shape index (κ1) is 13.3. The van der Waals surface area contributed by atoms with Crippen molar-refractivity contribution in [2.75, 3.05) is 25.0 Å². The summed E-state index contributed by atoms with van der Waals surface area (Å²) < 4.78 is 0. The van der Waals surface area contributed by atoms with Crippen LogP contribution in [0.1, 0.15) is 30.5 Å². The number of fused-ring (bicyclic) bond motifs is 1. The number of nitrogens with zero attached hydrogens (tertiary/aromatic N) is 3. The number of hydrogen-bond acceptors (Lipinski definition) is 5. The van der Waals surface area contributed by atoms with Crippen LogP contribution in [-0.4, -0.2) is 46.5 Å². The number of primary amides is 1. The van der Waals surface area contributed by atoms with E-state index in [0.717, 1.165) is 44.6 Å². The highest BCUT2D eigenvalue weighted by molar-refractivity contribution is 5.75. The zero-order valence-corrected chi connectivity index (χ0v) is 11.6. The van der Waals surface area contributed by atoms with Crippen molar-refractivity contribution in [2.45, 2.75) is 38.1 Å². The first-order valence-corrected chi connectivity index (χ1v) is 7.32. The third kappa shape index (κ3) is 2.90. The molecule has 6 nitrogen and oxygen atoms in total. The van der Waals surface area contributed by atoms with Crippen LogP contribution in [0.5, 0.6) is 0 Å². The minimum absolute atomic E-state index is 0.245. The maximum Gasteiger partial charge on any atom is 0.231 e. The molecule has 0 atom stereocenters. The number of aromatic nitrogens is 2. The predicted octanol–water partition coefficient (Wildman–Crippen LogP) is 0.327. The first-order chi connectivity index (χ1) is 9.72. The normalized spacial score (nSPS) is 19.8. The highest BCUT2D eigenvalue weighted by atomic mass is 16.1. The van der Waals surface area contributed by atoms with Gasteiger partial charge in [0.05, 0.1) is 6.54 Å². The van der Waals surface area contributed by atoms with E-state index in [0.29, 0.717) is 12.6 Å². The monoisotopic (exact) mass is 275 g/mol. The number of hydrogen-bond donors (Lipinski definition) is 2. The van der Waals surface area contributed by atoms with Gasteiger partial charge in [-0.2, -0.15) is 0 Å². The molecule has 108 valence electrons. The van der Waals surface area contributed by atoms with Crippen LogP contribution in [0.25, 0.3) is 0 Å². The second kappa shape index (κ2) is 5.75. The van der Waals surface area contributed by atoms with Gasteiger partial charge in [0, 0.05) is 30.4 Å². The van der Waals surface area contributed by atoms with Gasteiger partial charge in [0.2, 0.25) is 5.91 Å². The Morgan fingerprint density at radius 2 is 2.15 bits per heavy atom. The van der Waals surface area contributed by atoms with E-state index >= 15 is 0 Å². The second-order valence-electron chi connectivity index (χ2n) is 5.66. The molecule has 0 radical (unpaired) electrons. The summed E-state index contributed by atoms with van der Waals surface area (Å²) in [5, 5.41) is 3.56. The summed E-state index contributed by atoms with van der Waals surface area (Å²) in [6, 6.07) is 0.429. The van der Waals surface area contributed by atoms with Gasteiger partial charge < -0.3 is 11.1 Å². The molecule has 3 N–H and O–H groups in total. The van der Waals surface area contributed by atoms with Gasteiger partial charge in [-0.15, -0.1) is 0 Å². The number of carbonyl (C=O) groups excluding carboxylic acids is 1. The molecule has 1 aromatic heterocycles. The first-order valence-electron chi connectivity index (χ1n) is 7.32. The maximum absolute atomic E-state index is 10.9. The van der Waals surface area contributed by atoms with Crippen molar-refractivity contribution in [3.63, 3.8) is 0 Å². The third-order valence-corrected chi connectivity index (χ3v) is 4.18. The van der Waals surface area contributed by atoms with Crippen molar-refractivity contribution in [3.05, 3.63) is 17.6 Å². The van der Waals surface area contributed by atoms with E-state index < -0.39 is 0 Å². The lowest BCUT2D eigenvalue weighted by molar-refractivity contribution is -0.119. The van der Waals surface area contributed by atoms with Crippen LogP contribution in [0.15, 0.2) is 6.33 Å². The highest BCUT2D eigenvalue weighted by Crippen LogP contribution is 2.26. The molecular formula is C14H21N5O. The Balaban J connectivity index is 1.58. The van der Waals surface area contributed by atoms with Crippen molar-refractivity contribution in [1.82, 2.24) is 14.9 Å². The lowest BCUT2D eigenvalue weighted by atomic mass is 10.0. The summed E-state index contributed by atoms with van der Waals surface area (Å²) >= 11 is 0. The molecule has 6 heteroatoms. The summed E-state index contributed by atoms with van der Waals surface area (Å²) in [4.78, 5) is 21.8. The zero-order valence-electron chi connectivity index (χ0n) is 11.6. The summed E-state index contributed by atoms with van der Waals surface area (Å²) in [7, 11) is 0. The van der Waals surface area contributed by atoms with Crippen LogP contribution < -0.4 is 11.1 Å². The summed E-state index contributed by atoms with van der Waals surface area (Å²) in [5.74, 6) is 0.769. The van der Waals surface area contributed by atoms with Gasteiger partial charge in [-0.05, 0) is 32.1 Å². The molecule has 1 amide bonds. The highest BCUT2D eigenvalue weighted by Gasteiger charge is 2.23. The van der Waals surface area contributed by atoms with Gasteiger partial charge >= 0.3 is 0 Å². The molecule has 0 bridgehead atoms. The van der Waals surface area contributed by atoms with Crippen molar-refractivity contribution in [1.29, 1.82) is 0 Å². The van der Waals surface area contributed by atoms with Crippen molar-refractivity contribution >= 4 is 11.7 Å². The number of carbonyl (C=O) groups is 1. The largest absolute Gasteiger partial charge is 0.369 e. The lowest BCUT2D eigenvalue weighted by Gasteiger charge is -2.32. The Hall–Kier alpha value is -1.69. The second-order valence-corrected chi connectivity index (χ2v) is 5.66. The molecule has 1 aliphatic heterocycles. The molecule has 2 aliphatic rings. The van der Waals surface area contributed by atoms with E-state index in [-0.39, 0.29) is 5.91 Å². The molecule has 3 rings (SSSR count). The van der Waals surface area contributed by atoms with Crippen LogP contribution in [0.2, 0.25) is 0 Å². The average Bonchev–Trinajstić information content (AvgIpc) is 2.90. The average molecular weight is 275 g/mol. The Morgan fingerprint density at radius 1 is 1.35 bits per heavy atom. The predicted molar refractivity (Wildman–Crippen MR) is 76.3 cm³/mol. The number of amides is 1. The topological polar surface area (TPSA) is 84.1 Å². The fourth-order valence-electron chi connectivity index (χ4n) is 3.13. The van der Waals surface area contributed by atoms with E-state index in [1.807, 2.05) is 0 Å². The molecule has 1 aromatic rings. The van der Waals surface area contributed by atoms with Crippen molar-refractivity contribution in [2.24, 2.45) is 5.73 Å². The van der Waals surface area contributed by atoms with Gasteiger partial charge in [-0.1, -0.05) is 0 Å². The van der Waals surface area contributed by atoms with E-state index in [2.05, 4.69) is 20.2 Å². The lowest BCUT2D eigenvalue weighted by Crippen LogP contribution is -2.43. The Kier molecular flexibility index (Phi) is 3.82. The number of rotatable bonds is 4. The standard InChI is InChI=1S/C14H21N5O/c15-13(20)8-19-6-4-10(5-7-19)18-14-11-2-1-3-12(11)16-9-17-14/h9-10H,1-8H2,(H2,15,20)(H,16,17,18). The number of anilines is 1. The summed E-state index contributed by atoms with van der Waals surface area (Å²) in [5.41, 5.74) is 7.73. The molecule has 1 fully saturated rings. The van der Waals surface area contributed by atoms with Crippen LogP contribution in [0.4, 0.5) is 5.82 Å². The SMILES string of the molecule is NC(=O)CN1CCC(Nc2ncnc3c2CCC3)CC1. The van der Waals surface area contributed by atoms with Gasteiger partial charge in [0.1, 0.15) is 12.1 Å². The van der Waals surface area contributed by atoms with Crippen LogP contribution in [-0.2, 0) is 17.6 Å². The molecule has 2 heterocycles. The van der Waals surface area contributed by atoms with Crippen LogP contribution >= 0.6 is 0 Å². The van der Waals surface area contributed by atoms with E-state index in [9.17, 15) is 4.79 Å². The minimum Gasteiger partial charge on any atom is -0.369 e. The Labute approximate surface area is 118 Å². The molecule has 0 aromatic carbocycles. The van der Waals surface area contributed by atoms with Gasteiger partial charge in [-0.25, -0.2) is 9.97 Å². The van der Waals surface area contributed by atoms with E-state index in [1.54, 1.807) is 6.33 Å². The Bertz CT molecular complexity index is 496. The minimum atomic E-state index is -0.245. The number of aryl methyl sites for hydroxylation is 1. The third-order valence-electron chi connectivity index (χ3n) is 4.18. The quantitative estimate of drug-likeness (QED) is 0.827. The molecule has 0 spiro atoms. The molecular weight excluding hydrogens is 254 g/mol. The summed E-state index contributed by atoms with van der Waals surface area (Å²) in [6.07, 6.45) is 7.04. The number of likely N-dealkylation sites (tertiary alicyclic amines) is 1. The molecule has 1 aliphatic carbocycles. The number of nitrogens with one attached hydrogen (secondary N) is 1. The molecule has 1 saturated heterocycles. The fraction of sp³-hybridized carbons (Fsp3) is 0.643. The number of piperidine rings is 1. The fourth-order valence-corrected chi connectivity index (χ4v) is 3.13. The van der Waals surface area contributed by atoms with Gasteiger partial charge in [0.25, 0.3) is 0 Å². The smallest absolute Gasteiger partial charge is 0.231 e. The maximum atomic E-state index is 10.9. The van der Waals surface area contributed by atoms with Crippen LogP contribution in [0, 0.1) is 0 Å². The Morgan fingerprint density at radius 3 is 2.90 bits per heavy atom. The summed E-state index contributed by atoms with van der Waals surface area (Å²) in [6.45, 7) is 2.19. The molecule has 20 heavy (non-hydrogen) atoms. The van der Waals surface area contributed by atoms with Gasteiger partial charge in [0.15, 0.2) is 0 Å². The number of nitrogens with two attached hydrogens (primary N) is 1. The van der Waals surface area contributed by atoms with Gasteiger partial charge in [-0.3, -0.25) is 9.69 Å². The van der Waals surface area contributed by atoms with E-state index in [1.165, 1.54) is 17.7 Å². The van der Waals surface area contributed by atoms with E-state index in [4.69, 9.17) is 5.73 Å². The van der Waals surface area contributed by atoms with Crippen molar-refractivity contribution in [3.8, 4) is 0 Å². The van der Waals surface area contributed by atoms with Crippen molar-refractivity contribution < 1.29 is 4.79 Å². The van der Waals surface area contributed by atoms with Crippen LogP contribution in [0.3, 0.4) is 0 Å².